The van der Waals surface area contributed by atoms with Gasteiger partial charge in [-0.15, -0.1) is 11.3 Å². The Morgan fingerprint density at radius 3 is 2.72 bits per heavy atom. The quantitative estimate of drug-likeness (QED) is 0.330. The van der Waals surface area contributed by atoms with Crippen LogP contribution >= 0.6 is 22.9 Å². The van der Waals surface area contributed by atoms with Crippen molar-refractivity contribution in [2.24, 2.45) is 0 Å². The van der Waals surface area contributed by atoms with Crippen molar-refractivity contribution in [3.63, 3.8) is 0 Å². The highest BCUT2D eigenvalue weighted by molar-refractivity contribution is 7.21. The standard InChI is InChI=1S/C24H21ClN2O4S/c1-29-20-11-15(10-18(25)23(20)31-14-22(28)30-2)13-26-17-7-5-6-16(12-17)24-27-19-8-3-4-9-21(19)32-24/h3-12,26H,13-14H2,1-2H3. The van der Waals surface area contributed by atoms with Crippen LogP contribution in [0.3, 0.4) is 0 Å². The summed E-state index contributed by atoms with van der Waals surface area (Å²) in [7, 11) is 2.82. The van der Waals surface area contributed by atoms with E-state index in [2.05, 4.69) is 28.3 Å². The van der Waals surface area contributed by atoms with Gasteiger partial charge in [0.15, 0.2) is 18.1 Å². The van der Waals surface area contributed by atoms with E-state index in [1.54, 1.807) is 17.4 Å². The van der Waals surface area contributed by atoms with Crippen molar-refractivity contribution < 1.29 is 19.0 Å². The zero-order chi connectivity index (χ0) is 22.5. The number of halogens is 1. The van der Waals surface area contributed by atoms with E-state index in [1.165, 1.54) is 14.2 Å². The zero-order valence-corrected chi connectivity index (χ0v) is 19.1. The first-order valence-corrected chi connectivity index (χ1v) is 11.0. The van der Waals surface area contributed by atoms with Gasteiger partial charge in [0, 0.05) is 17.8 Å². The second-order valence-corrected chi connectivity index (χ2v) is 8.33. The molecule has 32 heavy (non-hydrogen) atoms. The summed E-state index contributed by atoms with van der Waals surface area (Å²) in [6, 6.07) is 19.8. The Hall–Kier alpha value is -3.29. The smallest absolute Gasteiger partial charge is 0.343 e. The number of hydrogen-bond donors (Lipinski definition) is 1. The van der Waals surface area contributed by atoms with Crippen LogP contribution in [0.25, 0.3) is 20.8 Å². The Kier molecular flexibility index (Phi) is 6.78. The van der Waals surface area contributed by atoms with Crippen LogP contribution in [0.2, 0.25) is 5.02 Å². The molecule has 4 rings (SSSR count). The Labute approximate surface area is 194 Å². The monoisotopic (exact) mass is 468 g/mol. The summed E-state index contributed by atoms with van der Waals surface area (Å²) in [6.45, 7) is 0.277. The van der Waals surface area contributed by atoms with Gasteiger partial charge < -0.3 is 19.5 Å². The van der Waals surface area contributed by atoms with Crippen molar-refractivity contribution in [1.82, 2.24) is 4.98 Å². The summed E-state index contributed by atoms with van der Waals surface area (Å²) < 4.78 is 16.6. The third kappa shape index (κ3) is 4.95. The van der Waals surface area contributed by atoms with Crippen LogP contribution in [0.15, 0.2) is 60.7 Å². The molecule has 3 aromatic carbocycles. The summed E-state index contributed by atoms with van der Waals surface area (Å²) >= 11 is 8.04. The molecular weight excluding hydrogens is 448 g/mol. The van der Waals surface area contributed by atoms with Gasteiger partial charge >= 0.3 is 5.97 Å². The predicted octanol–water partition coefficient (Wildman–Crippen LogP) is 5.79. The van der Waals surface area contributed by atoms with Crippen LogP contribution in [0.1, 0.15) is 5.56 Å². The van der Waals surface area contributed by atoms with Gasteiger partial charge in [-0.3, -0.25) is 0 Å². The highest BCUT2D eigenvalue weighted by Gasteiger charge is 2.14. The zero-order valence-electron chi connectivity index (χ0n) is 17.6. The summed E-state index contributed by atoms with van der Waals surface area (Å²) in [5.74, 6) is 0.254. The summed E-state index contributed by atoms with van der Waals surface area (Å²) in [6.07, 6.45) is 0. The molecule has 0 fully saturated rings. The number of carbonyl (C=O) groups excluding carboxylic acids is 1. The Morgan fingerprint density at radius 1 is 1.09 bits per heavy atom. The number of para-hydroxylation sites is 1. The van der Waals surface area contributed by atoms with Crippen molar-refractivity contribution in [2.45, 2.75) is 6.54 Å². The lowest BCUT2D eigenvalue weighted by Gasteiger charge is -2.14. The second-order valence-electron chi connectivity index (χ2n) is 6.89. The number of fused-ring (bicyclic) bond motifs is 1. The maximum absolute atomic E-state index is 11.4. The number of aromatic nitrogens is 1. The molecule has 6 nitrogen and oxygen atoms in total. The Bertz CT molecular complexity index is 1220. The number of nitrogens with zero attached hydrogens (tertiary/aromatic N) is 1. The van der Waals surface area contributed by atoms with Crippen molar-refractivity contribution in [3.05, 3.63) is 71.2 Å². The van der Waals surface area contributed by atoms with E-state index in [9.17, 15) is 4.79 Å². The van der Waals surface area contributed by atoms with Crippen LogP contribution < -0.4 is 14.8 Å². The molecule has 0 aliphatic heterocycles. The molecule has 0 aliphatic rings. The van der Waals surface area contributed by atoms with E-state index in [1.807, 2.05) is 36.4 Å². The molecule has 1 heterocycles. The Balaban J connectivity index is 1.49. The number of ether oxygens (including phenoxy) is 3. The number of benzene rings is 3. The summed E-state index contributed by atoms with van der Waals surface area (Å²) in [5, 5.41) is 4.74. The molecule has 1 aromatic heterocycles. The molecule has 0 radical (unpaired) electrons. The van der Waals surface area contributed by atoms with E-state index >= 15 is 0 Å². The van der Waals surface area contributed by atoms with Crippen molar-refractivity contribution >= 4 is 44.8 Å². The van der Waals surface area contributed by atoms with Gasteiger partial charge in [-0.1, -0.05) is 35.9 Å². The average Bonchev–Trinajstić information content (AvgIpc) is 3.26. The minimum absolute atomic E-state index is 0.247. The van der Waals surface area contributed by atoms with Crippen molar-refractivity contribution in [1.29, 1.82) is 0 Å². The molecule has 0 bridgehead atoms. The summed E-state index contributed by atoms with van der Waals surface area (Å²) in [5.41, 5.74) is 3.92. The molecule has 164 valence electrons. The molecule has 4 aromatic rings. The van der Waals surface area contributed by atoms with Gasteiger partial charge in [0.2, 0.25) is 0 Å². The van der Waals surface area contributed by atoms with E-state index in [4.69, 9.17) is 26.1 Å². The minimum atomic E-state index is -0.498. The van der Waals surface area contributed by atoms with Crippen LogP contribution in [0.4, 0.5) is 5.69 Å². The lowest BCUT2D eigenvalue weighted by molar-refractivity contribution is -0.142. The molecule has 0 saturated heterocycles. The van der Waals surface area contributed by atoms with Gasteiger partial charge in [0.1, 0.15) is 5.01 Å². The number of methoxy groups -OCH3 is 2. The predicted molar refractivity (Wildman–Crippen MR) is 128 cm³/mol. The highest BCUT2D eigenvalue weighted by atomic mass is 35.5. The first-order chi connectivity index (χ1) is 15.6. The molecule has 1 N–H and O–H groups in total. The average molecular weight is 469 g/mol. The number of anilines is 1. The van der Waals surface area contributed by atoms with Crippen molar-refractivity contribution in [3.8, 4) is 22.1 Å². The molecule has 8 heteroatoms. The van der Waals surface area contributed by atoms with E-state index < -0.39 is 5.97 Å². The third-order valence-corrected chi connectivity index (χ3v) is 6.12. The number of nitrogens with one attached hydrogen (secondary N) is 1. The van der Waals surface area contributed by atoms with Crippen molar-refractivity contribution in [2.75, 3.05) is 26.1 Å². The number of hydrogen-bond acceptors (Lipinski definition) is 7. The number of rotatable bonds is 8. The molecule has 0 unspecified atom stereocenters. The fourth-order valence-electron chi connectivity index (χ4n) is 3.17. The first-order valence-electron chi connectivity index (χ1n) is 9.83. The molecule has 0 atom stereocenters. The molecule has 0 aliphatic carbocycles. The topological polar surface area (TPSA) is 69.7 Å². The fraction of sp³-hybridized carbons (Fsp3) is 0.167. The molecule has 0 saturated carbocycles. The van der Waals surface area contributed by atoms with E-state index in [-0.39, 0.29) is 6.61 Å². The number of thiazole rings is 1. The lowest BCUT2D eigenvalue weighted by atomic mass is 10.1. The van der Waals surface area contributed by atoms with Crippen LogP contribution in [-0.2, 0) is 16.1 Å². The minimum Gasteiger partial charge on any atom is -0.493 e. The van der Waals surface area contributed by atoms with Crippen LogP contribution in [0, 0.1) is 0 Å². The largest absolute Gasteiger partial charge is 0.493 e. The fourth-order valence-corrected chi connectivity index (χ4v) is 4.42. The van der Waals surface area contributed by atoms with Gasteiger partial charge in [-0.05, 0) is 42.0 Å². The van der Waals surface area contributed by atoms with E-state index in [0.29, 0.717) is 23.1 Å². The van der Waals surface area contributed by atoms with Gasteiger partial charge in [0.25, 0.3) is 0 Å². The van der Waals surface area contributed by atoms with Crippen LogP contribution in [0.5, 0.6) is 11.5 Å². The molecule has 0 amide bonds. The van der Waals surface area contributed by atoms with Gasteiger partial charge in [0.05, 0.1) is 29.5 Å². The summed E-state index contributed by atoms with van der Waals surface area (Å²) in [4.78, 5) is 16.1. The molecular formula is C24H21ClN2O4S. The third-order valence-electron chi connectivity index (χ3n) is 4.75. The number of carbonyl (C=O) groups is 1. The highest BCUT2D eigenvalue weighted by Crippen LogP contribution is 2.37. The maximum Gasteiger partial charge on any atom is 0.343 e. The van der Waals surface area contributed by atoms with Gasteiger partial charge in [-0.25, -0.2) is 9.78 Å². The number of esters is 1. The first kappa shape index (κ1) is 21.9. The normalized spacial score (nSPS) is 10.7. The second kappa shape index (κ2) is 9.89. The van der Waals surface area contributed by atoms with E-state index in [0.717, 1.165) is 32.0 Å². The van der Waals surface area contributed by atoms with Crippen LogP contribution in [-0.4, -0.2) is 31.8 Å². The lowest BCUT2D eigenvalue weighted by Crippen LogP contribution is -2.13. The Morgan fingerprint density at radius 2 is 1.94 bits per heavy atom. The molecule has 0 spiro atoms. The van der Waals surface area contributed by atoms with Gasteiger partial charge in [-0.2, -0.15) is 0 Å². The maximum atomic E-state index is 11.4. The SMILES string of the molecule is COC(=O)COc1c(Cl)cc(CNc2cccc(-c3nc4ccccc4s3)c2)cc1OC.